The average molecular weight is 297 g/mol. The van der Waals surface area contributed by atoms with Crippen LogP contribution in [0.15, 0.2) is 48.5 Å². The molecule has 2 amide bonds. The van der Waals surface area contributed by atoms with E-state index in [2.05, 4.69) is 10.9 Å². The van der Waals surface area contributed by atoms with Gasteiger partial charge in [0.1, 0.15) is 0 Å². The Kier molecular flexibility index (Phi) is 5.27. The standard InChI is InChI=1S/C17H19N3O2/c1-2-11-19-20-17(22)15-9-5-13(6-10-15)12-3-7-14(8-4-12)16(18)21/h3-10,19H,2,11H2,1H3,(H2,18,21)(H,20,22). The SMILES string of the molecule is CCCNNC(=O)c1ccc(-c2ccc(C(N)=O)cc2)cc1. The van der Waals surface area contributed by atoms with Gasteiger partial charge in [0.05, 0.1) is 0 Å². The smallest absolute Gasteiger partial charge is 0.265 e. The zero-order chi connectivity index (χ0) is 15.9. The fourth-order valence-electron chi connectivity index (χ4n) is 1.98. The van der Waals surface area contributed by atoms with Crippen LogP contribution in [0.3, 0.4) is 0 Å². The molecule has 0 spiro atoms. The number of benzene rings is 2. The summed E-state index contributed by atoms with van der Waals surface area (Å²) in [6.07, 6.45) is 0.945. The summed E-state index contributed by atoms with van der Waals surface area (Å²) in [6.45, 7) is 2.76. The Bertz CT molecular complexity index is 649. The first-order valence-electron chi connectivity index (χ1n) is 7.15. The van der Waals surface area contributed by atoms with Gasteiger partial charge in [-0.25, -0.2) is 5.43 Å². The Hall–Kier alpha value is -2.66. The van der Waals surface area contributed by atoms with Crippen LogP contribution in [-0.4, -0.2) is 18.4 Å². The number of nitrogens with one attached hydrogen (secondary N) is 2. The monoisotopic (exact) mass is 297 g/mol. The molecule has 0 aliphatic carbocycles. The number of hydrogen-bond acceptors (Lipinski definition) is 3. The zero-order valence-corrected chi connectivity index (χ0v) is 12.4. The van der Waals surface area contributed by atoms with Crippen molar-refractivity contribution < 1.29 is 9.59 Å². The van der Waals surface area contributed by atoms with Crippen molar-refractivity contribution in [3.8, 4) is 11.1 Å². The molecule has 0 saturated carbocycles. The molecule has 5 nitrogen and oxygen atoms in total. The van der Waals surface area contributed by atoms with E-state index in [0.717, 1.165) is 24.1 Å². The Balaban J connectivity index is 2.08. The van der Waals surface area contributed by atoms with Crippen molar-refractivity contribution in [1.29, 1.82) is 0 Å². The molecule has 2 rings (SSSR count). The molecule has 2 aromatic rings. The van der Waals surface area contributed by atoms with Gasteiger partial charge < -0.3 is 5.73 Å². The van der Waals surface area contributed by atoms with Crippen LogP contribution in [0, 0.1) is 0 Å². The maximum Gasteiger partial charge on any atom is 0.265 e. The molecule has 0 unspecified atom stereocenters. The lowest BCUT2D eigenvalue weighted by Gasteiger charge is -2.07. The predicted molar refractivity (Wildman–Crippen MR) is 86.2 cm³/mol. The summed E-state index contributed by atoms with van der Waals surface area (Å²) in [6, 6.07) is 14.3. The van der Waals surface area contributed by atoms with Gasteiger partial charge in [0.2, 0.25) is 5.91 Å². The third kappa shape index (κ3) is 3.93. The lowest BCUT2D eigenvalue weighted by molar-refractivity contribution is 0.0932. The van der Waals surface area contributed by atoms with Crippen LogP contribution < -0.4 is 16.6 Å². The highest BCUT2D eigenvalue weighted by Gasteiger charge is 2.06. The minimum absolute atomic E-state index is 0.163. The van der Waals surface area contributed by atoms with Gasteiger partial charge in [0.25, 0.3) is 5.91 Å². The first-order chi connectivity index (χ1) is 10.6. The van der Waals surface area contributed by atoms with Crippen molar-refractivity contribution in [3.63, 3.8) is 0 Å². The molecule has 0 aromatic heterocycles. The molecule has 2 aromatic carbocycles. The van der Waals surface area contributed by atoms with Gasteiger partial charge in [-0.05, 0) is 41.8 Å². The van der Waals surface area contributed by atoms with Gasteiger partial charge in [-0.3, -0.25) is 15.0 Å². The molecule has 5 heteroatoms. The molecule has 114 valence electrons. The molecule has 0 fully saturated rings. The van der Waals surface area contributed by atoms with Gasteiger partial charge in [-0.15, -0.1) is 0 Å². The summed E-state index contributed by atoms with van der Waals surface area (Å²) in [4.78, 5) is 22.9. The minimum atomic E-state index is -0.446. The molecule has 0 bridgehead atoms. The number of rotatable bonds is 6. The van der Waals surface area contributed by atoms with Crippen molar-refractivity contribution >= 4 is 11.8 Å². The first-order valence-corrected chi connectivity index (χ1v) is 7.15. The van der Waals surface area contributed by atoms with Crippen LogP contribution in [0.1, 0.15) is 34.1 Å². The third-order valence-electron chi connectivity index (χ3n) is 3.23. The van der Waals surface area contributed by atoms with Crippen LogP contribution in [0.25, 0.3) is 11.1 Å². The van der Waals surface area contributed by atoms with Crippen LogP contribution in [-0.2, 0) is 0 Å². The Labute approximate surface area is 129 Å². The molecule has 0 heterocycles. The summed E-state index contributed by atoms with van der Waals surface area (Å²) in [5, 5.41) is 0. The Morgan fingerprint density at radius 3 is 1.86 bits per heavy atom. The molecule has 0 aliphatic rings. The molecule has 0 aliphatic heterocycles. The highest BCUT2D eigenvalue weighted by Crippen LogP contribution is 2.20. The van der Waals surface area contributed by atoms with Gasteiger partial charge in [-0.2, -0.15) is 0 Å². The second-order valence-corrected chi connectivity index (χ2v) is 4.90. The quantitative estimate of drug-likeness (QED) is 0.564. The summed E-state index contributed by atoms with van der Waals surface area (Å²) < 4.78 is 0. The maximum atomic E-state index is 11.9. The van der Waals surface area contributed by atoms with Gasteiger partial charge in [-0.1, -0.05) is 31.2 Å². The number of hydrazine groups is 1. The third-order valence-corrected chi connectivity index (χ3v) is 3.23. The fraction of sp³-hybridized carbons (Fsp3) is 0.176. The molecule has 0 radical (unpaired) electrons. The van der Waals surface area contributed by atoms with E-state index in [1.807, 2.05) is 31.2 Å². The highest BCUT2D eigenvalue weighted by atomic mass is 16.2. The van der Waals surface area contributed by atoms with E-state index < -0.39 is 5.91 Å². The lowest BCUT2D eigenvalue weighted by Crippen LogP contribution is -2.37. The van der Waals surface area contributed by atoms with Crippen LogP contribution in [0.2, 0.25) is 0 Å². The van der Waals surface area contributed by atoms with E-state index in [0.29, 0.717) is 11.1 Å². The summed E-state index contributed by atoms with van der Waals surface area (Å²) in [7, 11) is 0. The predicted octanol–water partition coefficient (Wildman–Crippen LogP) is 2.10. The largest absolute Gasteiger partial charge is 0.366 e. The fourth-order valence-corrected chi connectivity index (χ4v) is 1.98. The first kappa shape index (κ1) is 15.7. The number of nitrogens with two attached hydrogens (primary N) is 1. The van der Waals surface area contributed by atoms with Crippen LogP contribution >= 0.6 is 0 Å². The van der Waals surface area contributed by atoms with E-state index in [4.69, 9.17) is 5.73 Å². The number of primary amides is 1. The Morgan fingerprint density at radius 1 is 0.909 bits per heavy atom. The van der Waals surface area contributed by atoms with Gasteiger partial charge >= 0.3 is 0 Å². The maximum absolute atomic E-state index is 11.9. The molecule has 4 N–H and O–H groups in total. The number of carbonyl (C=O) groups excluding carboxylic acids is 2. The second-order valence-electron chi connectivity index (χ2n) is 4.90. The lowest BCUT2D eigenvalue weighted by atomic mass is 10.0. The molecule has 22 heavy (non-hydrogen) atoms. The number of amides is 2. The van der Waals surface area contributed by atoms with Crippen LogP contribution in [0.5, 0.6) is 0 Å². The van der Waals surface area contributed by atoms with Gasteiger partial charge in [0, 0.05) is 17.7 Å². The minimum Gasteiger partial charge on any atom is -0.366 e. The van der Waals surface area contributed by atoms with E-state index in [-0.39, 0.29) is 5.91 Å². The van der Waals surface area contributed by atoms with E-state index in [1.54, 1.807) is 24.3 Å². The summed E-state index contributed by atoms with van der Waals surface area (Å²) >= 11 is 0. The van der Waals surface area contributed by atoms with Crippen molar-refractivity contribution in [2.75, 3.05) is 6.54 Å². The molecular formula is C17H19N3O2. The van der Waals surface area contributed by atoms with E-state index in [1.165, 1.54) is 0 Å². The Morgan fingerprint density at radius 2 is 1.41 bits per heavy atom. The number of hydrogen-bond donors (Lipinski definition) is 3. The van der Waals surface area contributed by atoms with Crippen molar-refractivity contribution in [1.82, 2.24) is 10.9 Å². The normalized spacial score (nSPS) is 10.2. The van der Waals surface area contributed by atoms with Gasteiger partial charge in [0.15, 0.2) is 0 Å². The van der Waals surface area contributed by atoms with E-state index >= 15 is 0 Å². The molecular weight excluding hydrogens is 278 g/mol. The van der Waals surface area contributed by atoms with Crippen molar-refractivity contribution in [3.05, 3.63) is 59.7 Å². The zero-order valence-electron chi connectivity index (χ0n) is 12.4. The van der Waals surface area contributed by atoms with Crippen LogP contribution in [0.4, 0.5) is 0 Å². The number of carbonyl (C=O) groups is 2. The molecule has 0 saturated heterocycles. The van der Waals surface area contributed by atoms with Crippen molar-refractivity contribution in [2.45, 2.75) is 13.3 Å². The highest BCUT2D eigenvalue weighted by molar-refractivity contribution is 5.95. The second kappa shape index (κ2) is 7.38. The topological polar surface area (TPSA) is 84.2 Å². The van der Waals surface area contributed by atoms with E-state index in [9.17, 15) is 9.59 Å². The summed E-state index contributed by atoms with van der Waals surface area (Å²) in [5.41, 5.74) is 13.7. The molecule has 0 atom stereocenters. The average Bonchev–Trinajstić information content (AvgIpc) is 2.55. The van der Waals surface area contributed by atoms with Crippen molar-refractivity contribution in [2.24, 2.45) is 5.73 Å². The summed E-state index contributed by atoms with van der Waals surface area (Å²) in [5.74, 6) is -0.609.